The van der Waals surface area contributed by atoms with E-state index in [0.29, 0.717) is 5.56 Å². The summed E-state index contributed by atoms with van der Waals surface area (Å²) in [6.07, 6.45) is 1.60. The van der Waals surface area contributed by atoms with Gasteiger partial charge in [0.1, 0.15) is 12.0 Å². The maximum Gasteiger partial charge on any atom is 0.263 e. The number of nitrogens with zero attached hydrogens (tertiary/aromatic N) is 2. The van der Waals surface area contributed by atoms with Gasteiger partial charge in [-0.2, -0.15) is 0 Å². The lowest BCUT2D eigenvalue weighted by Gasteiger charge is -2.18. The number of hydrogen-bond acceptors (Lipinski definition) is 2. The molecular formula is C24H26ClN3O. The van der Waals surface area contributed by atoms with Crippen LogP contribution in [0.5, 0.6) is 0 Å². The number of quaternary nitrogens is 1. The third-order valence-corrected chi connectivity index (χ3v) is 4.60. The van der Waals surface area contributed by atoms with Crippen molar-refractivity contribution in [2.45, 2.75) is 13.8 Å². The molecule has 0 unspecified atom stereocenters. The molecule has 0 saturated heterocycles. The molecule has 3 rings (SSSR count). The van der Waals surface area contributed by atoms with Crippen LogP contribution in [-0.4, -0.2) is 26.3 Å². The molecule has 150 valence electrons. The van der Waals surface area contributed by atoms with E-state index in [1.165, 1.54) is 10.5 Å². The Labute approximate surface area is 178 Å². The molecule has 0 saturated carbocycles. The van der Waals surface area contributed by atoms with Crippen LogP contribution in [0.25, 0.3) is 0 Å². The normalized spacial score (nSPS) is 10.8. The quantitative estimate of drug-likeness (QED) is 0.499. The number of halogens is 1. The Kier molecular flexibility index (Phi) is 7.71. The zero-order chi connectivity index (χ0) is 20.1. The van der Waals surface area contributed by atoms with Gasteiger partial charge >= 0.3 is 0 Å². The predicted molar refractivity (Wildman–Crippen MR) is 116 cm³/mol. The minimum atomic E-state index is -0.111. The Hall–Kier alpha value is -2.95. The average Bonchev–Trinajstić information content (AvgIpc) is 2.70. The Morgan fingerprint density at radius 2 is 1.34 bits per heavy atom. The zero-order valence-corrected chi connectivity index (χ0v) is 17.9. The highest BCUT2D eigenvalue weighted by molar-refractivity contribution is 6.16. The van der Waals surface area contributed by atoms with Crippen molar-refractivity contribution in [2.75, 3.05) is 19.0 Å². The second-order valence-corrected chi connectivity index (χ2v) is 7.17. The molecular weight excluding hydrogens is 382 g/mol. The SMILES string of the molecule is Cc1ccc(N=CN(C(=O)c2ccc([NH+](C)C)cc2)c2ccc(C)cc2)cc1.[Cl-]. The fourth-order valence-corrected chi connectivity index (χ4v) is 2.78. The van der Waals surface area contributed by atoms with E-state index in [4.69, 9.17) is 0 Å². The first-order chi connectivity index (χ1) is 13.4. The van der Waals surface area contributed by atoms with Crippen LogP contribution in [0.1, 0.15) is 21.5 Å². The van der Waals surface area contributed by atoms with Crippen molar-refractivity contribution in [1.82, 2.24) is 0 Å². The molecule has 0 atom stereocenters. The minimum Gasteiger partial charge on any atom is -1.00 e. The molecule has 0 aromatic heterocycles. The van der Waals surface area contributed by atoms with Gasteiger partial charge in [0, 0.05) is 5.56 Å². The van der Waals surface area contributed by atoms with E-state index < -0.39 is 0 Å². The molecule has 3 aromatic rings. The molecule has 4 nitrogen and oxygen atoms in total. The number of aryl methyl sites for hydroxylation is 2. The molecule has 5 heteroatoms. The van der Waals surface area contributed by atoms with Crippen LogP contribution in [0.3, 0.4) is 0 Å². The van der Waals surface area contributed by atoms with Crippen LogP contribution in [0.2, 0.25) is 0 Å². The summed E-state index contributed by atoms with van der Waals surface area (Å²) in [6.45, 7) is 4.06. The standard InChI is InChI=1S/C24H25N3O.ClH/c1-18-5-11-21(12-6-18)25-17-27(23-13-7-19(2)8-14-23)24(28)20-9-15-22(16-10-20)26(3)4;/h5-17H,1-4H3;1H. The summed E-state index contributed by atoms with van der Waals surface area (Å²) in [4.78, 5) is 20.5. The first-order valence-corrected chi connectivity index (χ1v) is 9.36. The van der Waals surface area contributed by atoms with E-state index in [1.807, 2.05) is 86.6 Å². The molecule has 29 heavy (non-hydrogen) atoms. The van der Waals surface area contributed by atoms with Gasteiger partial charge in [-0.15, -0.1) is 0 Å². The van der Waals surface area contributed by atoms with Gasteiger partial charge in [0.15, 0.2) is 0 Å². The van der Waals surface area contributed by atoms with Crippen molar-refractivity contribution in [1.29, 1.82) is 0 Å². The molecule has 3 aromatic carbocycles. The third kappa shape index (κ3) is 5.76. The summed E-state index contributed by atoms with van der Waals surface area (Å²) in [6, 6.07) is 23.5. The largest absolute Gasteiger partial charge is 1.00 e. The number of nitrogens with one attached hydrogen (secondary N) is 1. The molecule has 0 aliphatic heterocycles. The summed E-state index contributed by atoms with van der Waals surface area (Å²) >= 11 is 0. The summed E-state index contributed by atoms with van der Waals surface area (Å²) in [5.74, 6) is -0.111. The Bertz CT molecular complexity index is 963. The smallest absolute Gasteiger partial charge is 0.263 e. The van der Waals surface area contributed by atoms with Gasteiger partial charge in [-0.25, -0.2) is 4.99 Å². The number of aliphatic imine (C=N–C) groups is 1. The van der Waals surface area contributed by atoms with Crippen molar-refractivity contribution in [2.24, 2.45) is 4.99 Å². The van der Waals surface area contributed by atoms with Crippen LogP contribution >= 0.6 is 0 Å². The van der Waals surface area contributed by atoms with E-state index in [2.05, 4.69) is 19.1 Å². The maximum atomic E-state index is 13.2. The molecule has 1 N–H and O–H groups in total. The van der Waals surface area contributed by atoms with E-state index in [-0.39, 0.29) is 18.3 Å². The summed E-state index contributed by atoms with van der Waals surface area (Å²) in [5.41, 5.74) is 5.67. The lowest BCUT2D eigenvalue weighted by atomic mass is 10.1. The van der Waals surface area contributed by atoms with Crippen LogP contribution < -0.4 is 22.2 Å². The Balaban J connectivity index is 0.00000300. The van der Waals surface area contributed by atoms with Crippen LogP contribution in [0, 0.1) is 13.8 Å². The first kappa shape index (κ1) is 22.3. The number of carbonyl (C=O) groups excluding carboxylic acids is 1. The van der Waals surface area contributed by atoms with Gasteiger partial charge in [-0.1, -0.05) is 35.4 Å². The van der Waals surface area contributed by atoms with Gasteiger partial charge in [0.25, 0.3) is 5.91 Å². The average molecular weight is 408 g/mol. The predicted octanol–water partition coefficient (Wildman–Crippen LogP) is 1.09. The van der Waals surface area contributed by atoms with Crippen molar-refractivity contribution < 1.29 is 22.1 Å². The fraction of sp³-hybridized carbons (Fsp3) is 0.167. The van der Waals surface area contributed by atoms with Crippen molar-refractivity contribution in [3.63, 3.8) is 0 Å². The van der Waals surface area contributed by atoms with Gasteiger partial charge in [0.05, 0.1) is 25.5 Å². The highest BCUT2D eigenvalue weighted by atomic mass is 35.5. The second-order valence-electron chi connectivity index (χ2n) is 7.17. The Morgan fingerprint density at radius 1 is 0.828 bits per heavy atom. The van der Waals surface area contributed by atoms with Gasteiger partial charge in [0.2, 0.25) is 0 Å². The number of anilines is 1. The van der Waals surface area contributed by atoms with E-state index >= 15 is 0 Å². The van der Waals surface area contributed by atoms with Crippen molar-refractivity contribution in [3.8, 4) is 0 Å². The van der Waals surface area contributed by atoms with E-state index in [1.54, 1.807) is 11.2 Å². The maximum absolute atomic E-state index is 13.2. The van der Waals surface area contributed by atoms with Gasteiger partial charge < -0.3 is 17.3 Å². The molecule has 0 aliphatic carbocycles. The third-order valence-electron chi connectivity index (χ3n) is 4.60. The van der Waals surface area contributed by atoms with Crippen molar-refractivity contribution >= 4 is 29.3 Å². The number of carbonyl (C=O) groups is 1. The molecule has 0 radical (unpaired) electrons. The van der Waals surface area contributed by atoms with Gasteiger partial charge in [-0.05, 0) is 62.4 Å². The van der Waals surface area contributed by atoms with Crippen LogP contribution in [0.15, 0.2) is 77.8 Å². The van der Waals surface area contributed by atoms with Crippen LogP contribution in [-0.2, 0) is 0 Å². The molecule has 0 aliphatic rings. The lowest BCUT2D eigenvalue weighted by Crippen LogP contribution is -3.00. The van der Waals surface area contributed by atoms with Gasteiger partial charge in [-0.3, -0.25) is 9.69 Å². The number of amides is 1. The topological polar surface area (TPSA) is 37.1 Å². The summed E-state index contributed by atoms with van der Waals surface area (Å²) in [5, 5.41) is 0. The van der Waals surface area contributed by atoms with Crippen LogP contribution in [0.4, 0.5) is 17.1 Å². The highest BCUT2D eigenvalue weighted by Crippen LogP contribution is 2.19. The fourth-order valence-electron chi connectivity index (χ4n) is 2.78. The Morgan fingerprint density at radius 3 is 1.86 bits per heavy atom. The minimum absolute atomic E-state index is 0. The molecule has 0 fully saturated rings. The summed E-state index contributed by atoms with van der Waals surface area (Å²) < 4.78 is 0. The monoisotopic (exact) mass is 407 g/mol. The first-order valence-electron chi connectivity index (χ1n) is 9.36. The summed E-state index contributed by atoms with van der Waals surface area (Å²) in [7, 11) is 4.12. The number of benzene rings is 3. The highest BCUT2D eigenvalue weighted by Gasteiger charge is 2.17. The second kappa shape index (κ2) is 10.0. The van der Waals surface area contributed by atoms with Crippen molar-refractivity contribution in [3.05, 3.63) is 89.5 Å². The number of rotatable bonds is 5. The molecule has 0 heterocycles. The van der Waals surface area contributed by atoms with E-state index in [9.17, 15) is 4.79 Å². The molecule has 0 spiro atoms. The molecule has 1 amide bonds. The molecule has 0 bridgehead atoms. The zero-order valence-electron chi connectivity index (χ0n) is 17.2. The lowest BCUT2D eigenvalue weighted by molar-refractivity contribution is -0.786. The number of hydrogen-bond donors (Lipinski definition) is 1. The van der Waals surface area contributed by atoms with E-state index in [0.717, 1.165) is 22.6 Å².